The maximum atomic E-state index is 15.4. The standard InChI is InChI=1S/C24H25FO3/c1-14(21(25)17-7-5-16(22(26)27)12-20(17)28-4)15-6-8-18-19(11-15)24(3)10-9-23(18,2)13-24/h5-8,11-12H,9-10,13H2,1-4H3,(H,26,27)/b21-14+. The van der Waals surface area contributed by atoms with Gasteiger partial charge in [0.25, 0.3) is 0 Å². The molecule has 0 aliphatic heterocycles. The summed E-state index contributed by atoms with van der Waals surface area (Å²) in [5.74, 6) is -1.24. The Bertz CT molecular complexity index is 1020. The lowest BCUT2D eigenvalue weighted by Gasteiger charge is -2.27. The van der Waals surface area contributed by atoms with Crippen LogP contribution in [0, 0.1) is 0 Å². The molecule has 2 unspecified atom stereocenters. The van der Waals surface area contributed by atoms with Crippen molar-refractivity contribution in [1.29, 1.82) is 0 Å². The average Bonchev–Trinajstić information content (AvgIpc) is 3.13. The van der Waals surface area contributed by atoms with Gasteiger partial charge in [-0.2, -0.15) is 0 Å². The second-order valence-electron chi connectivity index (χ2n) is 8.72. The molecule has 2 aromatic carbocycles. The van der Waals surface area contributed by atoms with Gasteiger partial charge < -0.3 is 9.84 Å². The maximum Gasteiger partial charge on any atom is 0.335 e. The summed E-state index contributed by atoms with van der Waals surface area (Å²) in [6, 6.07) is 10.5. The number of fused-ring (bicyclic) bond motifs is 5. The van der Waals surface area contributed by atoms with Crippen LogP contribution in [-0.2, 0) is 10.8 Å². The molecule has 0 spiro atoms. The van der Waals surface area contributed by atoms with Gasteiger partial charge in [0.1, 0.15) is 11.6 Å². The van der Waals surface area contributed by atoms with Gasteiger partial charge in [0, 0.05) is 0 Å². The van der Waals surface area contributed by atoms with Crippen molar-refractivity contribution in [3.05, 3.63) is 64.2 Å². The number of carboxylic acid groups (broad SMARTS) is 1. The number of rotatable bonds is 4. The quantitative estimate of drug-likeness (QED) is 0.665. The normalized spacial score (nSPS) is 26.0. The molecule has 1 saturated carbocycles. The zero-order valence-electron chi connectivity index (χ0n) is 16.7. The van der Waals surface area contributed by atoms with E-state index >= 15 is 4.39 Å². The minimum absolute atomic E-state index is 0.0702. The highest BCUT2D eigenvalue weighted by Gasteiger charge is 2.52. The number of allylic oxidation sites excluding steroid dienone is 1. The third-order valence-corrected chi connectivity index (χ3v) is 6.78. The van der Waals surface area contributed by atoms with Crippen LogP contribution in [0.3, 0.4) is 0 Å². The van der Waals surface area contributed by atoms with Gasteiger partial charge in [-0.15, -0.1) is 0 Å². The van der Waals surface area contributed by atoms with Gasteiger partial charge in [0.2, 0.25) is 0 Å². The van der Waals surface area contributed by atoms with Crippen molar-refractivity contribution in [1.82, 2.24) is 0 Å². The molecular formula is C24H25FO3. The van der Waals surface area contributed by atoms with Crippen LogP contribution >= 0.6 is 0 Å². The molecule has 1 N–H and O–H groups in total. The Kier molecular flexibility index (Phi) is 4.14. The maximum absolute atomic E-state index is 15.4. The van der Waals surface area contributed by atoms with E-state index in [1.54, 1.807) is 6.92 Å². The molecule has 28 heavy (non-hydrogen) atoms. The van der Waals surface area contributed by atoms with Gasteiger partial charge in [0.05, 0.1) is 18.2 Å². The van der Waals surface area contributed by atoms with Crippen molar-refractivity contribution in [2.45, 2.75) is 50.9 Å². The van der Waals surface area contributed by atoms with Gasteiger partial charge in [-0.25, -0.2) is 9.18 Å². The van der Waals surface area contributed by atoms with Gasteiger partial charge >= 0.3 is 5.97 Å². The summed E-state index contributed by atoms with van der Waals surface area (Å²) in [5, 5.41) is 9.15. The Hall–Kier alpha value is -2.62. The van der Waals surface area contributed by atoms with Gasteiger partial charge in [-0.1, -0.05) is 32.0 Å². The molecule has 2 aliphatic carbocycles. The smallest absolute Gasteiger partial charge is 0.335 e. The number of carboxylic acids is 1. The first-order valence-corrected chi connectivity index (χ1v) is 9.62. The monoisotopic (exact) mass is 380 g/mol. The number of hydrogen-bond donors (Lipinski definition) is 1. The molecule has 2 aromatic rings. The molecular weight excluding hydrogens is 355 g/mol. The van der Waals surface area contributed by atoms with Crippen LogP contribution < -0.4 is 4.74 Å². The van der Waals surface area contributed by atoms with Crippen LogP contribution in [0.1, 0.15) is 72.6 Å². The summed E-state index contributed by atoms with van der Waals surface area (Å²) in [5.41, 5.74) is 4.90. The lowest BCUT2D eigenvalue weighted by molar-refractivity contribution is 0.0696. The third kappa shape index (κ3) is 2.66. The lowest BCUT2D eigenvalue weighted by atomic mass is 9.77. The Morgan fingerprint density at radius 3 is 2.32 bits per heavy atom. The van der Waals surface area contributed by atoms with Gasteiger partial charge in [-0.05, 0) is 77.5 Å². The minimum atomic E-state index is -1.07. The zero-order chi connectivity index (χ0) is 20.3. The predicted octanol–water partition coefficient (Wildman–Crippen LogP) is 5.96. The fraction of sp³-hybridized carbons (Fsp3) is 0.375. The van der Waals surface area contributed by atoms with Gasteiger partial charge in [-0.3, -0.25) is 0 Å². The van der Waals surface area contributed by atoms with E-state index < -0.39 is 11.8 Å². The highest BCUT2D eigenvalue weighted by Crippen LogP contribution is 2.60. The molecule has 0 amide bonds. The van der Waals surface area contributed by atoms with E-state index in [0.717, 1.165) is 12.0 Å². The number of benzene rings is 2. The molecule has 2 bridgehead atoms. The summed E-state index contributed by atoms with van der Waals surface area (Å²) < 4.78 is 20.6. The third-order valence-electron chi connectivity index (χ3n) is 6.78. The fourth-order valence-corrected chi connectivity index (χ4v) is 5.19. The second-order valence-corrected chi connectivity index (χ2v) is 8.72. The molecule has 4 rings (SSSR count). The summed E-state index contributed by atoms with van der Waals surface area (Å²) in [6.07, 6.45) is 3.55. The summed E-state index contributed by atoms with van der Waals surface area (Å²) in [4.78, 5) is 11.2. The molecule has 3 nitrogen and oxygen atoms in total. The molecule has 2 aliphatic rings. The van der Waals surface area contributed by atoms with Crippen molar-refractivity contribution in [2.24, 2.45) is 0 Å². The number of ether oxygens (including phenoxy) is 1. The van der Waals surface area contributed by atoms with Crippen molar-refractivity contribution in [3.63, 3.8) is 0 Å². The van der Waals surface area contributed by atoms with E-state index in [1.165, 1.54) is 49.3 Å². The van der Waals surface area contributed by atoms with Crippen molar-refractivity contribution >= 4 is 17.4 Å². The topological polar surface area (TPSA) is 46.5 Å². The Balaban J connectivity index is 1.79. The number of aromatic carboxylic acids is 1. The molecule has 0 heterocycles. The molecule has 4 heteroatoms. The van der Waals surface area contributed by atoms with Crippen molar-refractivity contribution in [2.75, 3.05) is 7.11 Å². The molecule has 2 atom stereocenters. The lowest BCUT2D eigenvalue weighted by Crippen LogP contribution is -2.18. The van der Waals surface area contributed by atoms with Crippen molar-refractivity contribution in [3.8, 4) is 5.75 Å². The average molecular weight is 380 g/mol. The molecule has 146 valence electrons. The van der Waals surface area contributed by atoms with E-state index in [4.69, 9.17) is 9.84 Å². The van der Waals surface area contributed by atoms with Crippen LogP contribution in [0.15, 0.2) is 36.4 Å². The summed E-state index contributed by atoms with van der Waals surface area (Å²) in [6.45, 7) is 6.41. The Morgan fingerprint density at radius 2 is 1.68 bits per heavy atom. The predicted molar refractivity (Wildman–Crippen MR) is 109 cm³/mol. The van der Waals surface area contributed by atoms with Crippen molar-refractivity contribution < 1.29 is 19.0 Å². The summed E-state index contributed by atoms with van der Waals surface area (Å²) >= 11 is 0. The van der Waals surface area contributed by atoms with E-state index in [-0.39, 0.29) is 27.7 Å². The highest BCUT2D eigenvalue weighted by molar-refractivity contribution is 5.92. The first-order valence-electron chi connectivity index (χ1n) is 9.62. The van der Waals surface area contributed by atoms with E-state index in [9.17, 15) is 4.79 Å². The first kappa shape index (κ1) is 18.7. The highest BCUT2D eigenvalue weighted by atomic mass is 19.1. The van der Waals surface area contributed by atoms with Crippen LogP contribution in [0.2, 0.25) is 0 Å². The summed E-state index contributed by atoms with van der Waals surface area (Å²) in [7, 11) is 1.42. The molecule has 0 aromatic heterocycles. The number of halogens is 1. The van der Waals surface area contributed by atoms with E-state index in [2.05, 4.69) is 26.0 Å². The SMILES string of the molecule is COc1cc(C(=O)O)ccc1/C(F)=C(/C)c1ccc2c(c1)C1(C)CCC2(C)C1. The van der Waals surface area contributed by atoms with Crippen LogP contribution in [-0.4, -0.2) is 18.2 Å². The number of carbonyl (C=O) groups is 1. The Morgan fingerprint density at radius 1 is 1.04 bits per heavy atom. The van der Waals surface area contributed by atoms with Crippen LogP contribution in [0.25, 0.3) is 11.4 Å². The first-order chi connectivity index (χ1) is 13.2. The number of hydrogen-bond acceptors (Lipinski definition) is 2. The zero-order valence-corrected chi connectivity index (χ0v) is 16.7. The molecule has 1 fully saturated rings. The van der Waals surface area contributed by atoms with Crippen LogP contribution in [0.4, 0.5) is 4.39 Å². The van der Waals surface area contributed by atoms with E-state index in [1.807, 2.05) is 6.07 Å². The van der Waals surface area contributed by atoms with Crippen LogP contribution in [0.5, 0.6) is 5.75 Å². The largest absolute Gasteiger partial charge is 0.496 e. The number of methoxy groups -OCH3 is 1. The molecule has 0 saturated heterocycles. The second kappa shape index (κ2) is 6.20. The Labute approximate surface area is 164 Å². The fourth-order valence-electron chi connectivity index (χ4n) is 5.19. The molecule has 0 radical (unpaired) electrons. The van der Waals surface area contributed by atoms with E-state index in [0.29, 0.717) is 5.57 Å². The van der Waals surface area contributed by atoms with Gasteiger partial charge in [0.15, 0.2) is 0 Å². The minimum Gasteiger partial charge on any atom is -0.496 e.